The summed E-state index contributed by atoms with van der Waals surface area (Å²) in [6.45, 7) is 6.26. The highest BCUT2D eigenvalue weighted by atomic mass is 35.5. The van der Waals surface area contributed by atoms with Gasteiger partial charge in [0.15, 0.2) is 0 Å². The molecule has 1 amide bonds. The highest BCUT2D eigenvalue weighted by molar-refractivity contribution is 6.30. The molecular weight excluding hydrogens is 503 g/mol. The lowest BCUT2D eigenvalue weighted by molar-refractivity contribution is -0.137. The Morgan fingerprint density at radius 2 is 1.65 bits per heavy atom. The number of pyridine rings is 1. The fourth-order valence-electron chi connectivity index (χ4n) is 5.68. The van der Waals surface area contributed by atoms with Crippen LogP contribution in [-0.4, -0.2) is 72.5 Å². The number of hydrogen-bond acceptors (Lipinski definition) is 5. The molecule has 2 unspecified atom stereocenters. The zero-order valence-corrected chi connectivity index (χ0v) is 20.8. The molecule has 2 aromatic rings. The number of hydrogen-bond donors (Lipinski definition) is 1. The van der Waals surface area contributed by atoms with Crippen molar-refractivity contribution in [2.75, 3.05) is 56.0 Å². The topological polar surface area (TPSA) is 51.7 Å². The maximum Gasteiger partial charge on any atom is 0.417 e. The lowest BCUT2D eigenvalue weighted by Crippen LogP contribution is -2.43. The number of amides is 1. The van der Waals surface area contributed by atoms with Crippen LogP contribution in [0.5, 0.6) is 0 Å². The van der Waals surface area contributed by atoms with Gasteiger partial charge in [-0.05, 0) is 61.1 Å². The number of anilines is 2. The summed E-state index contributed by atoms with van der Waals surface area (Å²) in [6.07, 6.45) is -1.50. The van der Waals surface area contributed by atoms with Gasteiger partial charge in [-0.25, -0.2) is 4.98 Å². The predicted octanol–water partition coefficient (Wildman–Crippen LogP) is 5.25. The molecular formula is C27H35ClF3N5O. The van der Waals surface area contributed by atoms with Crippen LogP contribution in [-0.2, 0) is 11.0 Å². The van der Waals surface area contributed by atoms with Gasteiger partial charge in [0.25, 0.3) is 0 Å². The maximum atomic E-state index is 12.8. The fraction of sp³-hybridized carbons (Fsp3) is 0.556. The van der Waals surface area contributed by atoms with Crippen molar-refractivity contribution < 1.29 is 18.0 Å². The van der Waals surface area contributed by atoms with Crippen LogP contribution >= 0.6 is 11.6 Å². The molecule has 1 aromatic heterocycles. The zero-order chi connectivity index (χ0) is 25.3. The quantitative estimate of drug-likeness (QED) is 0.545. The SMILES string of the molecule is C.O=C(CCN1CC2CN(c3ccc(Cl)cc3)CC2C1)N1CCC(Nc2ccc(C(F)(F)F)cn2)CC1. The Labute approximate surface area is 221 Å². The molecule has 0 bridgehead atoms. The fourth-order valence-corrected chi connectivity index (χ4v) is 5.80. The molecule has 1 N–H and O–H groups in total. The number of nitrogens with zero attached hydrogens (tertiary/aromatic N) is 4. The van der Waals surface area contributed by atoms with Crippen molar-refractivity contribution in [1.82, 2.24) is 14.8 Å². The number of halogens is 4. The van der Waals surface area contributed by atoms with E-state index in [1.54, 1.807) is 0 Å². The van der Waals surface area contributed by atoms with Crippen LogP contribution in [0.3, 0.4) is 0 Å². The van der Waals surface area contributed by atoms with Crippen molar-refractivity contribution in [3.63, 3.8) is 0 Å². The van der Waals surface area contributed by atoms with Gasteiger partial charge in [0.2, 0.25) is 5.91 Å². The van der Waals surface area contributed by atoms with Gasteiger partial charge in [0.05, 0.1) is 5.56 Å². The van der Waals surface area contributed by atoms with E-state index in [1.807, 2.05) is 17.0 Å². The van der Waals surface area contributed by atoms with E-state index in [0.29, 0.717) is 37.2 Å². The molecule has 3 aliphatic heterocycles. The third-order valence-corrected chi connectivity index (χ3v) is 7.94. The summed E-state index contributed by atoms with van der Waals surface area (Å²) in [6, 6.07) is 10.5. The molecule has 2 atom stereocenters. The summed E-state index contributed by atoms with van der Waals surface area (Å²) in [5, 5.41) is 3.96. The minimum absolute atomic E-state index is 0. The van der Waals surface area contributed by atoms with Crippen LogP contribution in [0.1, 0.15) is 32.3 Å². The first-order valence-electron chi connectivity index (χ1n) is 12.5. The number of carbonyl (C=O) groups excluding carboxylic acids is 1. The Balaban J connectivity index is 0.00000320. The second kappa shape index (κ2) is 11.5. The van der Waals surface area contributed by atoms with Gasteiger partial charge >= 0.3 is 6.18 Å². The van der Waals surface area contributed by atoms with E-state index in [9.17, 15) is 18.0 Å². The molecule has 3 saturated heterocycles. The highest BCUT2D eigenvalue weighted by Crippen LogP contribution is 2.34. The monoisotopic (exact) mass is 537 g/mol. The van der Waals surface area contributed by atoms with Crippen LogP contribution < -0.4 is 10.2 Å². The lowest BCUT2D eigenvalue weighted by Gasteiger charge is -2.33. The van der Waals surface area contributed by atoms with Crippen molar-refractivity contribution >= 4 is 29.0 Å². The van der Waals surface area contributed by atoms with Gasteiger partial charge < -0.3 is 20.0 Å². The molecule has 1 aromatic carbocycles. The number of alkyl halides is 3. The number of aromatic nitrogens is 1. The summed E-state index contributed by atoms with van der Waals surface area (Å²) in [4.78, 5) is 23.5. The third-order valence-electron chi connectivity index (χ3n) is 7.69. The Hall–Kier alpha value is -2.52. The van der Waals surface area contributed by atoms with E-state index >= 15 is 0 Å². The number of carbonyl (C=O) groups is 1. The minimum atomic E-state index is -4.39. The average molecular weight is 538 g/mol. The van der Waals surface area contributed by atoms with Crippen LogP contribution in [0.4, 0.5) is 24.7 Å². The molecule has 4 heterocycles. The Morgan fingerprint density at radius 3 is 2.22 bits per heavy atom. The van der Waals surface area contributed by atoms with Gasteiger partial charge in [0, 0.05) is 75.2 Å². The molecule has 6 nitrogen and oxygen atoms in total. The second-order valence-corrected chi connectivity index (χ2v) is 10.6. The molecule has 0 spiro atoms. The van der Waals surface area contributed by atoms with Crippen molar-refractivity contribution in [1.29, 1.82) is 0 Å². The molecule has 5 rings (SSSR count). The van der Waals surface area contributed by atoms with Crippen molar-refractivity contribution in [3.05, 3.63) is 53.2 Å². The largest absolute Gasteiger partial charge is 0.417 e. The Morgan fingerprint density at radius 1 is 1.00 bits per heavy atom. The molecule has 3 aliphatic rings. The number of piperidine rings is 1. The molecule has 0 aliphatic carbocycles. The third kappa shape index (κ3) is 6.68. The summed E-state index contributed by atoms with van der Waals surface area (Å²) in [5.74, 6) is 1.88. The predicted molar refractivity (Wildman–Crippen MR) is 141 cm³/mol. The second-order valence-electron chi connectivity index (χ2n) is 10.1. The van der Waals surface area contributed by atoms with Crippen molar-refractivity contribution in [2.24, 2.45) is 11.8 Å². The van der Waals surface area contributed by atoms with Crippen LogP contribution in [0.2, 0.25) is 5.02 Å². The molecule has 0 radical (unpaired) electrons. The maximum absolute atomic E-state index is 12.8. The van der Waals surface area contributed by atoms with E-state index in [2.05, 4.69) is 32.2 Å². The standard InChI is InChI=1S/C26H31ClF3N5O.CH4/c27-21-2-4-23(5-3-21)35-16-18-14-33(15-19(18)17-35)10-9-25(36)34-11-7-22(8-12-34)32-24-6-1-20(13-31-24)26(28,29)30;/h1-6,13,18-19,22H,7-12,14-17H2,(H,31,32);1H4. The van der Waals surface area contributed by atoms with E-state index < -0.39 is 11.7 Å². The zero-order valence-electron chi connectivity index (χ0n) is 20.1. The molecule has 37 heavy (non-hydrogen) atoms. The number of rotatable bonds is 6. The van der Waals surface area contributed by atoms with Gasteiger partial charge in [0.1, 0.15) is 5.82 Å². The average Bonchev–Trinajstić information content (AvgIpc) is 3.42. The van der Waals surface area contributed by atoms with Gasteiger partial charge in [-0.3, -0.25) is 4.79 Å². The first-order chi connectivity index (χ1) is 17.2. The van der Waals surface area contributed by atoms with E-state index in [4.69, 9.17) is 11.6 Å². The van der Waals surface area contributed by atoms with Gasteiger partial charge in [-0.15, -0.1) is 0 Å². The molecule has 202 valence electrons. The lowest BCUT2D eigenvalue weighted by atomic mass is 10.0. The van der Waals surface area contributed by atoms with Crippen molar-refractivity contribution in [2.45, 2.75) is 38.9 Å². The summed E-state index contributed by atoms with van der Waals surface area (Å²) in [7, 11) is 0. The van der Waals surface area contributed by atoms with E-state index in [1.165, 1.54) is 11.8 Å². The number of nitrogens with one attached hydrogen (secondary N) is 1. The molecule has 0 saturated carbocycles. The number of likely N-dealkylation sites (tertiary alicyclic amines) is 2. The van der Waals surface area contributed by atoms with Crippen LogP contribution in [0.25, 0.3) is 0 Å². The smallest absolute Gasteiger partial charge is 0.371 e. The van der Waals surface area contributed by atoms with E-state index in [0.717, 1.165) is 62.9 Å². The summed E-state index contributed by atoms with van der Waals surface area (Å²) >= 11 is 6.01. The van der Waals surface area contributed by atoms with E-state index in [-0.39, 0.29) is 19.4 Å². The van der Waals surface area contributed by atoms with Crippen LogP contribution in [0.15, 0.2) is 42.6 Å². The first kappa shape index (κ1) is 27.5. The summed E-state index contributed by atoms with van der Waals surface area (Å²) in [5.41, 5.74) is 0.469. The Kier molecular flexibility index (Phi) is 8.53. The minimum Gasteiger partial charge on any atom is -0.371 e. The van der Waals surface area contributed by atoms with Crippen LogP contribution in [0, 0.1) is 11.8 Å². The summed E-state index contributed by atoms with van der Waals surface area (Å²) < 4.78 is 38.1. The van der Waals surface area contributed by atoms with Gasteiger partial charge in [-0.1, -0.05) is 19.0 Å². The normalized spacial score (nSPS) is 22.6. The first-order valence-corrected chi connectivity index (χ1v) is 12.9. The van der Waals surface area contributed by atoms with Gasteiger partial charge in [-0.2, -0.15) is 13.2 Å². The number of fused-ring (bicyclic) bond motifs is 1. The highest BCUT2D eigenvalue weighted by Gasteiger charge is 2.40. The Bertz CT molecular complexity index is 1030. The van der Waals surface area contributed by atoms with Crippen molar-refractivity contribution in [3.8, 4) is 0 Å². The number of benzene rings is 1. The molecule has 10 heteroatoms. The molecule has 3 fully saturated rings.